The van der Waals surface area contributed by atoms with E-state index in [1.807, 2.05) is 0 Å². The quantitative estimate of drug-likeness (QED) is 0.529. The molecule has 0 spiro atoms. The summed E-state index contributed by atoms with van der Waals surface area (Å²) in [5.74, 6) is -0.220. The minimum atomic E-state index is -0.750. The van der Waals surface area contributed by atoms with Gasteiger partial charge in [-0.05, 0) is 24.3 Å². The lowest BCUT2D eigenvalue weighted by atomic mass is 10.1. The van der Waals surface area contributed by atoms with Crippen molar-refractivity contribution in [2.75, 3.05) is 0 Å². The average Bonchev–Trinajstić information content (AvgIpc) is 2.93. The third-order valence-corrected chi connectivity index (χ3v) is 2.77. The summed E-state index contributed by atoms with van der Waals surface area (Å²) < 4.78 is 4.85. The molecule has 0 aliphatic heterocycles. The number of H-pyrrole nitrogens is 2. The van der Waals surface area contributed by atoms with Gasteiger partial charge >= 0.3 is 11.1 Å². The molecule has 3 rings (SSSR count). The van der Waals surface area contributed by atoms with Crippen molar-refractivity contribution in [2.45, 2.75) is 0 Å². The molecule has 6 heteroatoms. The Balaban J connectivity index is 2.17. The molecule has 0 atom stereocenters. The first-order valence-electron chi connectivity index (χ1n) is 5.48. The molecule has 0 aliphatic rings. The Bertz CT molecular complexity index is 872. The number of benzene rings is 1. The highest BCUT2D eigenvalue weighted by Crippen LogP contribution is 2.14. The second-order valence-corrected chi connectivity index (χ2v) is 4.01. The summed E-state index contributed by atoms with van der Waals surface area (Å²) in [6, 6.07) is 6.22. The molecular formula is C13H8N2O4. The van der Waals surface area contributed by atoms with Crippen LogP contribution in [0.2, 0.25) is 0 Å². The maximum Gasteiger partial charge on any atom is 0.314 e. The highest BCUT2D eigenvalue weighted by atomic mass is 16.3. The molecule has 0 aliphatic carbocycles. The lowest BCUT2D eigenvalue weighted by Crippen LogP contribution is -2.28. The van der Waals surface area contributed by atoms with Crippen molar-refractivity contribution < 1.29 is 9.21 Å². The van der Waals surface area contributed by atoms with Crippen molar-refractivity contribution in [3.8, 4) is 0 Å². The van der Waals surface area contributed by atoms with E-state index in [2.05, 4.69) is 9.97 Å². The van der Waals surface area contributed by atoms with Crippen LogP contribution in [0.15, 0.2) is 50.8 Å². The van der Waals surface area contributed by atoms with Gasteiger partial charge in [0.1, 0.15) is 6.26 Å². The monoisotopic (exact) mass is 256 g/mol. The first-order valence-corrected chi connectivity index (χ1v) is 5.48. The van der Waals surface area contributed by atoms with E-state index < -0.39 is 11.1 Å². The average molecular weight is 256 g/mol. The fourth-order valence-corrected chi connectivity index (χ4v) is 1.82. The zero-order valence-electron chi connectivity index (χ0n) is 9.60. The number of ketones is 1. The molecule has 3 aromatic rings. The van der Waals surface area contributed by atoms with Crippen molar-refractivity contribution in [1.29, 1.82) is 0 Å². The van der Waals surface area contributed by atoms with Crippen LogP contribution in [0.5, 0.6) is 0 Å². The van der Waals surface area contributed by atoms with Gasteiger partial charge < -0.3 is 14.4 Å². The summed E-state index contributed by atoms with van der Waals surface area (Å²) in [5, 5.41) is 0. The summed E-state index contributed by atoms with van der Waals surface area (Å²) in [6.07, 6.45) is 2.76. The number of aromatic nitrogens is 2. The smallest absolute Gasteiger partial charge is 0.314 e. The Hall–Kier alpha value is -2.89. The maximum absolute atomic E-state index is 12.1. The molecule has 94 valence electrons. The van der Waals surface area contributed by atoms with Gasteiger partial charge in [0.2, 0.25) is 0 Å². The van der Waals surface area contributed by atoms with Crippen molar-refractivity contribution in [1.82, 2.24) is 9.97 Å². The predicted molar refractivity (Wildman–Crippen MR) is 67.3 cm³/mol. The normalized spacial score (nSPS) is 10.7. The SMILES string of the molecule is O=C(c1ccoc1)c1ccc2[nH]c(=O)c(=O)[nH]c2c1. The molecule has 2 heterocycles. The second kappa shape index (κ2) is 4.09. The highest BCUT2D eigenvalue weighted by molar-refractivity contribution is 6.10. The maximum atomic E-state index is 12.1. The minimum absolute atomic E-state index is 0.220. The zero-order valence-corrected chi connectivity index (χ0v) is 9.60. The fourth-order valence-electron chi connectivity index (χ4n) is 1.82. The van der Waals surface area contributed by atoms with Crippen LogP contribution in [0.1, 0.15) is 15.9 Å². The molecule has 0 saturated heterocycles. The minimum Gasteiger partial charge on any atom is -0.472 e. The summed E-state index contributed by atoms with van der Waals surface area (Å²) in [7, 11) is 0. The molecular weight excluding hydrogens is 248 g/mol. The van der Waals surface area contributed by atoms with Crippen LogP contribution in [0.4, 0.5) is 0 Å². The van der Waals surface area contributed by atoms with E-state index >= 15 is 0 Å². The van der Waals surface area contributed by atoms with Crippen molar-refractivity contribution >= 4 is 16.8 Å². The van der Waals surface area contributed by atoms with Gasteiger partial charge in [-0.25, -0.2) is 0 Å². The third kappa shape index (κ3) is 1.89. The Kier molecular flexibility index (Phi) is 2.42. The number of hydrogen-bond donors (Lipinski definition) is 2. The first-order chi connectivity index (χ1) is 9.15. The molecule has 2 N–H and O–H groups in total. The number of fused-ring (bicyclic) bond motifs is 1. The van der Waals surface area contributed by atoms with Crippen molar-refractivity contribution in [2.24, 2.45) is 0 Å². The van der Waals surface area contributed by atoms with Gasteiger partial charge in [-0.1, -0.05) is 0 Å². The van der Waals surface area contributed by atoms with E-state index in [1.54, 1.807) is 18.2 Å². The predicted octanol–water partition coefficient (Wildman–Crippen LogP) is 1.04. The highest BCUT2D eigenvalue weighted by Gasteiger charge is 2.11. The van der Waals surface area contributed by atoms with E-state index in [-0.39, 0.29) is 5.78 Å². The van der Waals surface area contributed by atoms with Gasteiger partial charge in [-0.3, -0.25) is 14.4 Å². The molecule has 0 unspecified atom stereocenters. The van der Waals surface area contributed by atoms with Gasteiger partial charge in [0.15, 0.2) is 5.78 Å². The Labute approximate surface area is 105 Å². The topological polar surface area (TPSA) is 95.9 Å². The van der Waals surface area contributed by atoms with E-state index in [9.17, 15) is 14.4 Å². The fraction of sp³-hybridized carbons (Fsp3) is 0. The third-order valence-electron chi connectivity index (χ3n) is 2.77. The van der Waals surface area contributed by atoms with Crippen LogP contribution in [0, 0.1) is 0 Å². The van der Waals surface area contributed by atoms with E-state index in [0.717, 1.165) is 0 Å². The van der Waals surface area contributed by atoms with E-state index in [1.165, 1.54) is 18.6 Å². The number of nitrogens with one attached hydrogen (secondary N) is 2. The van der Waals surface area contributed by atoms with Crippen molar-refractivity contribution in [3.63, 3.8) is 0 Å². The molecule has 6 nitrogen and oxygen atoms in total. The molecule has 0 amide bonds. The van der Waals surface area contributed by atoms with Crippen LogP contribution in [-0.2, 0) is 0 Å². The van der Waals surface area contributed by atoms with Crippen LogP contribution in [-0.4, -0.2) is 15.8 Å². The Morgan fingerprint density at radius 1 is 0.947 bits per heavy atom. The van der Waals surface area contributed by atoms with Crippen LogP contribution >= 0.6 is 0 Å². The lowest BCUT2D eigenvalue weighted by molar-refractivity contribution is 0.103. The molecule has 2 aromatic heterocycles. The number of rotatable bonds is 2. The standard InChI is InChI=1S/C13H8N2O4/c16-11(8-3-4-19-6-8)7-1-2-9-10(5-7)15-13(18)12(17)14-9/h1-6H,(H,14,17)(H,15,18). The largest absolute Gasteiger partial charge is 0.472 e. The lowest BCUT2D eigenvalue weighted by Gasteiger charge is -2.01. The number of hydrogen-bond acceptors (Lipinski definition) is 4. The van der Waals surface area contributed by atoms with Gasteiger partial charge in [0.25, 0.3) is 0 Å². The van der Waals surface area contributed by atoms with Gasteiger partial charge in [0.05, 0.1) is 22.9 Å². The zero-order chi connectivity index (χ0) is 13.4. The molecule has 0 fully saturated rings. The molecule has 0 radical (unpaired) electrons. The molecule has 0 saturated carbocycles. The van der Waals surface area contributed by atoms with Crippen LogP contribution < -0.4 is 11.1 Å². The summed E-state index contributed by atoms with van der Waals surface area (Å²) in [4.78, 5) is 39.3. The van der Waals surface area contributed by atoms with E-state index in [4.69, 9.17) is 4.42 Å². The molecule has 0 bridgehead atoms. The number of furan rings is 1. The summed E-state index contributed by atoms with van der Waals surface area (Å²) >= 11 is 0. The Morgan fingerprint density at radius 3 is 2.37 bits per heavy atom. The van der Waals surface area contributed by atoms with Crippen LogP contribution in [0.25, 0.3) is 11.0 Å². The number of aromatic amines is 2. The Morgan fingerprint density at radius 2 is 1.68 bits per heavy atom. The van der Waals surface area contributed by atoms with Gasteiger partial charge in [-0.15, -0.1) is 0 Å². The molecule has 1 aromatic carbocycles. The number of carbonyl (C=O) groups is 1. The molecule has 19 heavy (non-hydrogen) atoms. The van der Waals surface area contributed by atoms with Crippen molar-refractivity contribution in [3.05, 3.63) is 68.6 Å². The number of carbonyl (C=O) groups excluding carboxylic acids is 1. The van der Waals surface area contributed by atoms with Crippen LogP contribution in [0.3, 0.4) is 0 Å². The van der Waals surface area contributed by atoms with Gasteiger partial charge in [0, 0.05) is 5.56 Å². The first kappa shape index (κ1) is 11.2. The summed E-state index contributed by atoms with van der Waals surface area (Å²) in [6.45, 7) is 0. The second-order valence-electron chi connectivity index (χ2n) is 4.01. The van der Waals surface area contributed by atoms with Gasteiger partial charge in [-0.2, -0.15) is 0 Å². The van der Waals surface area contributed by atoms with E-state index in [0.29, 0.717) is 22.2 Å². The summed E-state index contributed by atoms with van der Waals surface area (Å²) in [5.41, 5.74) is 0.219.